The van der Waals surface area contributed by atoms with Gasteiger partial charge < -0.3 is 19.3 Å². The minimum absolute atomic E-state index is 0.0104. The fourth-order valence-corrected chi connectivity index (χ4v) is 4.83. The zero-order valence-corrected chi connectivity index (χ0v) is 20.7. The molecule has 1 atom stereocenters. The van der Waals surface area contributed by atoms with Crippen LogP contribution in [0.4, 0.5) is 25.1 Å². The molecule has 5 rings (SSSR count). The van der Waals surface area contributed by atoms with E-state index in [2.05, 4.69) is 9.97 Å². The monoisotopic (exact) mass is 513 g/mol. The molecule has 10 nitrogen and oxygen atoms in total. The van der Waals surface area contributed by atoms with Gasteiger partial charge in [-0.05, 0) is 39.8 Å². The number of fused-ring (bicyclic) bond motifs is 2. The van der Waals surface area contributed by atoms with Gasteiger partial charge in [0.25, 0.3) is 5.69 Å². The zero-order valence-electron chi connectivity index (χ0n) is 20.7. The van der Waals surface area contributed by atoms with Gasteiger partial charge in [-0.1, -0.05) is 0 Å². The summed E-state index contributed by atoms with van der Waals surface area (Å²) in [5.74, 6) is -0.972. The lowest BCUT2D eigenvalue weighted by atomic mass is 9.96. The number of nitro benzene ring substituents is 1. The fraction of sp³-hybridized carbons (Fsp3) is 0.400. The predicted octanol–water partition coefficient (Wildman–Crippen LogP) is 4.61. The molecule has 0 unspecified atom stereocenters. The number of nitro groups is 1. The maximum atomic E-state index is 15.9. The van der Waals surface area contributed by atoms with Crippen LogP contribution in [-0.4, -0.2) is 63.8 Å². The van der Waals surface area contributed by atoms with Crippen LogP contribution in [0.5, 0.6) is 5.75 Å². The van der Waals surface area contributed by atoms with Gasteiger partial charge in [0.05, 0.1) is 16.4 Å². The lowest BCUT2D eigenvalue weighted by Crippen LogP contribution is -2.57. The highest BCUT2D eigenvalue weighted by atomic mass is 19.1. The van der Waals surface area contributed by atoms with E-state index < -0.39 is 28.3 Å². The summed E-state index contributed by atoms with van der Waals surface area (Å²) in [6.07, 6.45) is 0.778. The maximum absolute atomic E-state index is 15.9. The summed E-state index contributed by atoms with van der Waals surface area (Å²) in [5.41, 5.74) is -1.49. The molecule has 1 amide bonds. The molecule has 3 heterocycles. The first-order valence-electron chi connectivity index (χ1n) is 11.7. The first kappa shape index (κ1) is 24.6. The predicted molar refractivity (Wildman–Crippen MR) is 131 cm³/mol. The van der Waals surface area contributed by atoms with Gasteiger partial charge in [0.15, 0.2) is 5.82 Å². The zero-order chi connectivity index (χ0) is 26.6. The van der Waals surface area contributed by atoms with Crippen LogP contribution in [0.15, 0.2) is 24.5 Å². The Kier molecular flexibility index (Phi) is 5.84. The highest BCUT2D eigenvalue weighted by Gasteiger charge is 2.37. The number of carbonyl (C=O) groups excluding carboxylic acids is 1. The van der Waals surface area contributed by atoms with Crippen molar-refractivity contribution in [3.8, 4) is 16.9 Å². The lowest BCUT2D eigenvalue weighted by molar-refractivity contribution is -0.385. The minimum Gasteiger partial charge on any atom is -0.490 e. The fourth-order valence-electron chi connectivity index (χ4n) is 4.83. The summed E-state index contributed by atoms with van der Waals surface area (Å²) in [4.78, 5) is 35.5. The Hall–Kier alpha value is -4.09. The number of amides is 1. The second kappa shape index (κ2) is 8.79. The van der Waals surface area contributed by atoms with Gasteiger partial charge in [0.1, 0.15) is 41.4 Å². The number of piperazine rings is 1. The highest BCUT2D eigenvalue weighted by Crippen LogP contribution is 2.43. The van der Waals surface area contributed by atoms with E-state index in [0.29, 0.717) is 30.8 Å². The van der Waals surface area contributed by atoms with Crippen LogP contribution in [-0.2, 0) is 4.74 Å². The van der Waals surface area contributed by atoms with Crippen LogP contribution in [0.1, 0.15) is 26.3 Å². The lowest BCUT2D eigenvalue weighted by Gasteiger charge is -2.41. The number of ether oxygens (including phenoxy) is 2. The smallest absolute Gasteiger partial charge is 0.410 e. The van der Waals surface area contributed by atoms with Gasteiger partial charge in [-0.2, -0.15) is 0 Å². The quantitative estimate of drug-likeness (QED) is 0.361. The van der Waals surface area contributed by atoms with Crippen LogP contribution in [0, 0.1) is 28.7 Å². The molecular weight excluding hydrogens is 488 g/mol. The average molecular weight is 514 g/mol. The third-order valence-electron chi connectivity index (χ3n) is 6.48. The Labute approximate surface area is 211 Å². The first-order chi connectivity index (χ1) is 17.5. The number of halogens is 2. The number of nitrogens with zero attached hydrogens (tertiary/aromatic N) is 5. The third kappa shape index (κ3) is 4.25. The number of carbonyl (C=O) groups is 1. The van der Waals surface area contributed by atoms with Crippen molar-refractivity contribution in [3.05, 3.63) is 51.8 Å². The van der Waals surface area contributed by atoms with E-state index in [-0.39, 0.29) is 46.3 Å². The second-order valence-corrected chi connectivity index (χ2v) is 10.1. The van der Waals surface area contributed by atoms with Crippen LogP contribution in [0.3, 0.4) is 0 Å². The number of anilines is 1. The highest BCUT2D eigenvalue weighted by molar-refractivity contribution is 5.99. The van der Waals surface area contributed by atoms with Gasteiger partial charge in [0.2, 0.25) is 0 Å². The molecule has 194 valence electrons. The van der Waals surface area contributed by atoms with Gasteiger partial charge in [-0.25, -0.2) is 23.5 Å². The molecule has 0 spiro atoms. The van der Waals surface area contributed by atoms with Crippen molar-refractivity contribution in [2.75, 3.05) is 31.1 Å². The molecule has 0 saturated carbocycles. The number of hydrogen-bond donors (Lipinski definition) is 0. The minimum atomic E-state index is -0.834. The van der Waals surface area contributed by atoms with E-state index in [0.717, 1.165) is 12.1 Å². The van der Waals surface area contributed by atoms with Crippen molar-refractivity contribution in [3.63, 3.8) is 0 Å². The Balaban J connectivity index is 1.58. The van der Waals surface area contributed by atoms with Crippen molar-refractivity contribution >= 4 is 28.5 Å². The molecular formula is C25H25F2N5O5. The summed E-state index contributed by atoms with van der Waals surface area (Å²) in [7, 11) is 0. The molecule has 0 N–H and O–H groups in total. The molecule has 2 aliphatic heterocycles. The van der Waals surface area contributed by atoms with Crippen molar-refractivity contribution in [1.29, 1.82) is 0 Å². The molecule has 2 aromatic carbocycles. The molecule has 3 aromatic rings. The van der Waals surface area contributed by atoms with Crippen LogP contribution >= 0.6 is 0 Å². The van der Waals surface area contributed by atoms with Crippen molar-refractivity contribution in [1.82, 2.24) is 14.9 Å². The maximum Gasteiger partial charge on any atom is 0.410 e. The molecule has 2 aliphatic rings. The van der Waals surface area contributed by atoms with E-state index in [1.165, 1.54) is 19.3 Å². The van der Waals surface area contributed by atoms with Gasteiger partial charge >= 0.3 is 6.09 Å². The van der Waals surface area contributed by atoms with Crippen LogP contribution < -0.4 is 9.64 Å². The Morgan fingerprint density at radius 1 is 1.24 bits per heavy atom. The van der Waals surface area contributed by atoms with Crippen LogP contribution in [0.2, 0.25) is 0 Å². The second-order valence-electron chi connectivity index (χ2n) is 10.1. The van der Waals surface area contributed by atoms with E-state index in [1.54, 1.807) is 25.7 Å². The third-order valence-corrected chi connectivity index (χ3v) is 6.48. The molecule has 12 heteroatoms. The normalized spacial score (nSPS) is 17.2. The topological polar surface area (TPSA) is 111 Å². The van der Waals surface area contributed by atoms with E-state index in [1.807, 2.05) is 4.90 Å². The molecule has 0 aliphatic carbocycles. The summed E-state index contributed by atoms with van der Waals surface area (Å²) >= 11 is 0. The van der Waals surface area contributed by atoms with E-state index in [4.69, 9.17) is 9.47 Å². The molecule has 1 saturated heterocycles. The summed E-state index contributed by atoms with van der Waals surface area (Å²) in [5, 5.41) is 11.8. The van der Waals surface area contributed by atoms with Gasteiger partial charge in [0, 0.05) is 42.4 Å². The Morgan fingerprint density at radius 3 is 2.70 bits per heavy atom. The number of rotatable bonds is 2. The Morgan fingerprint density at radius 2 is 2.00 bits per heavy atom. The summed E-state index contributed by atoms with van der Waals surface area (Å²) in [6, 6.07) is 3.02. The van der Waals surface area contributed by atoms with Gasteiger partial charge in [-0.15, -0.1) is 0 Å². The summed E-state index contributed by atoms with van der Waals surface area (Å²) in [6.45, 7) is 7.95. The van der Waals surface area contributed by atoms with Crippen molar-refractivity contribution in [2.45, 2.75) is 39.3 Å². The average Bonchev–Trinajstić information content (AvgIpc) is 2.98. The largest absolute Gasteiger partial charge is 0.490 e. The molecule has 37 heavy (non-hydrogen) atoms. The Bertz CT molecular complexity index is 1440. The molecule has 1 fully saturated rings. The van der Waals surface area contributed by atoms with Crippen LogP contribution in [0.25, 0.3) is 22.0 Å². The number of hydrogen-bond acceptors (Lipinski definition) is 8. The van der Waals surface area contributed by atoms with Crippen molar-refractivity contribution in [2.24, 2.45) is 0 Å². The van der Waals surface area contributed by atoms with Crippen molar-refractivity contribution < 1.29 is 28.0 Å². The summed E-state index contributed by atoms with van der Waals surface area (Å²) < 4.78 is 42.4. The van der Waals surface area contributed by atoms with E-state index >= 15 is 4.39 Å². The molecule has 0 bridgehead atoms. The SMILES string of the molecule is Cc1c([N+](=O)[O-])ccc(F)c1-c1cc2c3c(ncnc3c1F)N1CCN(C(=O)OC(C)(C)C)C[C@H]1CO2. The number of benzene rings is 2. The first-order valence-corrected chi connectivity index (χ1v) is 11.7. The standard InChI is InChI=1S/C25H25F2N5O5/c1-13-17(32(34)35)6-5-16(26)19(13)15-9-18-20-22(21(15)27)28-12-29-23(20)31-8-7-30(10-14(31)11-36-18)24(33)37-25(2,3)4/h5-6,9,12,14H,7-8,10-11H2,1-4H3/t14-/m0/s1. The molecule has 0 radical (unpaired) electrons. The number of aromatic nitrogens is 2. The van der Waals surface area contributed by atoms with Gasteiger partial charge in [-0.3, -0.25) is 10.1 Å². The molecule has 1 aromatic heterocycles. The van der Waals surface area contributed by atoms with E-state index in [9.17, 15) is 19.3 Å².